The van der Waals surface area contributed by atoms with Gasteiger partial charge in [0.05, 0.1) is 0 Å². The van der Waals surface area contributed by atoms with Gasteiger partial charge in [0.15, 0.2) is 0 Å². The van der Waals surface area contributed by atoms with Crippen molar-refractivity contribution >= 4 is 45.1 Å². The van der Waals surface area contributed by atoms with Crippen LogP contribution in [0.5, 0.6) is 0 Å². The van der Waals surface area contributed by atoms with Gasteiger partial charge in [-0.2, -0.15) is 0 Å². The Morgan fingerprint density at radius 3 is 2.80 bits per heavy atom. The van der Waals surface area contributed by atoms with Gasteiger partial charge in [-0.25, -0.2) is 0 Å². The second-order valence-corrected chi connectivity index (χ2v) is 5.53. The summed E-state index contributed by atoms with van der Waals surface area (Å²) >= 11 is 3.54. The summed E-state index contributed by atoms with van der Waals surface area (Å²) in [4.78, 5) is 0. The van der Waals surface area contributed by atoms with Gasteiger partial charge in [0.25, 0.3) is 0 Å². The standard InChI is InChI=1S/C8H5BrTe/c9-7-5-10-8-4-2-1-3-6(7)8/h1-5H. The van der Waals surface area contributed by atoms with Crippen molar-refractivity contribution in [2.45, 2.75) is 0 Å². The zero-order chi connectivity index (χ0) is 6.97. The Balaban J connectivity index is 2.93. The van der Waals surface area contributed by atoms with E-state index in [0.29, 0.717) is 0 Å². The van der Waals surface area contributed by atoms with Crippen LogP contribution in [0, 0.1) is 0 Å². The fourth-order valence-corrected chi connectivity index (χ4v) is 4.67. The van der Waals surface area contributed by atoms with Crippen molar-refractivity contribution in [1.82, 2.24) is 0 Å². The van der Waals surface area contributed by atoms with Gasteiger partial charge in [0.1, 0.15) is 0 Å². The zero-order valence-electron chi connectivity index (χ0n) is 5.17. The van der Waals surface area contributed by atoms with Crippen LogP contribution in [0.3, 0.4) is 0 Å². The van der Waals surface area contributed by atoms with Gasteiger partial charge >= 0.3 is 78.0 Å². The quantitative estimate of drug-likeness (QED) is 0.657. The summed E-state index contributed by atoms with van der Waals surface area (Å²) in [6, 6.07) is 8.60. The number of hydrogen-bond acceptors (Lipinski definition) is 0. The Kier molecular flexibility index (Phi) is 1.86. The molecule has 0 saturated carbocycles. The van der Waals surface area contributed by atoms with Crippen LogP contribution >= 0.6 is 15.9 Å². The van der Waals surface area contributed by atoms with E-state index in [9.17, 15) is 0 Å². The third kappa shape index (κ3) is 1.05. The summed E-state index contributed by atoms with van der Waals surface area (Å²) in [5, 5.41) is 1.41. The van der Waals surface area contributed by atoms with Crippen LogP contribution in [0.4, 0.5) is 0 Å². The molecule has 0 nitrogen and oxygen atoms in total. The molecule has 2 aromatic rings. The maximum absolute atomic E-state index is 3.53. The molecule has 0 amide bonds. The molecule has 0 aliphatic heterocycles. The first kappa shape index (κ1) is 6.91. The molecule has 0 fully saturated rings. The number of benzene rings is 1. The average molecular weight is 309 g/mol. The molecule has 0 aliphatic carbocycles. The number of hydrogen-bond donors (Lipinski definition) is 0. The summed E-state index contributed by atoms with van der Waals surface area (Å²) in [7, 11) is 0. The third-order valence-corrected chi connectivity index (χ3v) is 5.78. The van der Waals surface area contributed by atoms with Gasteiger partial charge in [-0.05, 0) is 0 Å². The number of fused-ring (bicyclic) bond motifs is 1. The molecule has 1 aromatic carbocycles. The molecule has 1 aromatic heterocycles. The van der Waals surface area contributed by atoms with E-state index in [2.05, 4.69) is 44.3 Å². The first-order valence-electron chi connectivity index (χ1n) is 2.99. The minimum atomic E-state index is 0.00848. The van der Waals surface area contributed by atoms with E-state index in [1.807, 2.05) is 0 Å². The maximum atomic E-state index is 3.53. The molecule has 0 atom stereocenters. The topological polar surface area (TPSA) is 0 Å². The van der Waals surface area contributed by atoms with E-state index in [0.717, 1.165) is 0 Å². The molecule has 0 bridgehead atoms. The van der Waals surface area contributed by atoms with Crippen LogP contribution in [0.2, 0.25) is 0 Å². The average Bonchev–Trinajstić information content (AvgIpc) is 2.34. The fourth-order valence-electron chi connectivity index (χ4n) is 0.945. The summed E-state index contributed by atoms with van der Waals surface area (Å²) in [5.74, 6) is 0. The van der Waals surface area contributed by atoms with Gasteiger partial charge in [-0.15, -0.1) is 0 Å². The monoisotopic (exact) mass is 310 g/mol. The normalized spacial score (nSPS) is 10.5. The van der Waals surface area contributed by atoms with Crippen molar-refractivity contribution in [2.75, 3.05) is 0 Å². The molecule has 1 heterocycles. The van der Waals surface area contributed by atoms with Crippen LogP contribution in [0.15, 0.2) is 32.8 Å². The SMILES string of the molecule is Brc1c[te]c2ccccc12. The van der Waals surface area contributed by atoms with E-state index in [1.54, 1.807) is 3.40 Å². The molecule has 0 spiro atoms. The van der Waals surface area contributed by atoms with Crippen molar-refractivity contribution < 1.29 is 0 Å². The minimum absolute atomic E-state index is 0.00848. The predicted octanol–water partition coefficient (Wildman–Crippen LogP) is 2.66. The fraction of sp³-hybridized carbons (Fsp3) is 0. The Hall–Kier alpha value is 0.230. The Labute approximate surface area is 77.6 Å². The summed E-state index contributed by atoms with van der Waals surface area (Å²) in [6.45, 7) is 0. The van der Waals surface area contributed by atoms with Crippen LogP contribution in [-0.4, -0.2) is 20.4 Å². The molecule has 0 unspecified atom stereocenters. The molecule has 0 aliphatic rings. The van der Waals surface area contributed by atoms with Gasteiger partial charge < -0.3 is 0 Å². The molecule has 2 rings (SSSR count). The van der Waals surface area contributed by atoms with Gasteiger partial charge in [0, 0.05) is 0 Å². The molecule has 2 heteroatoms. The van der Waals surface area contributed by atoms with E-state index in [-0.39, 0.29) is 20.4 Å². The van der Waals surface area contributed by atoms with Gasteiger partial charge in [0.2, 0.25) is 0 Å². The Morgan fingerprint density at radius 1 is 1.20 bits per heavy atom. The van der Waals surface area contributed by atoms with E-state index < -0.39 is 0 Å². The van der Waals surface area contributed by atoms with Crippen LogP contribution < -0.4 is 0 Å². The molecular formula is C8H5BrTe. The van der Waals surface area contributed by atoms with Crippen LogP contribution in [0.1, 0.15) is 0 Å². The third-order valence-electron chi connectivity index (χ3n) is 1.43. The second-order valence-electron chi connectivity index (χ2n) is 2.08. The van der Waals surface area contributed by atoms with E-state index >= 15 is 0 Å². The molecule has 0 N–H and O–H groups in total. The molecule has 0 saturated heterocycles. The predicted molar refractivity (Wildman–Crippen MR) is 48.6 cm³/mol. The van der Waals surface area contributed by atoms with Crippen molar-refractivity contribution in [3.05, 3.63) is 32.8 Å². The number of halogens is 1. The van der Waals surface area contributed by atoms with Crippen molar-refractivity contribution in [3.8, 4) is 0 Å². The summed E-state index contributed by atoms with van der Waals surface area (Å²) in [6.07, 6.45) is 0. The van der Waals surface area contributed by atoms with Crippen molar-refractivity contribution in [2.24, 2.45) is 0 Å². The summed E-state index contributed by atoms with van der Waals surface area (Å²) < 4.78 is 5.18. The van der Waals surface area contributed by atoms with Crippen LogP contribution in [-0.2, 0) is 0 Å². The molecular weight excluding hydrogens is 304 g/mol. The number of rotatable bonds is 0. The second kappa shape index (κ2) is 2.70. The van der Waals surface area contributed by atoms with Gasteiger partial charge in [-0.1, -0.05) is 0 Å². The van der Waals surface area contributed by atoms with E-state index in [1.165, 1.54) is 9.86 Å². The Bertz CT molecular complexity index is 351. The summed E-state index contributed by atoms with van der Waals surface area (Å²) in [5.41, 5.74) is 0. The first-order valence-corrected chi connectivity index (χ1v) is 6.30. The molecule has 50 valence electrons. The molecule has 10 heavy (non-hydrogen) atoms. The molecule has 0 radical (unpaired) electrons. The van der Waals surface area contributed by atoms with Crippen molar-refractivity contribution in [1.29, 1.82) is 0 Å². The zero-order valence-corrected chi connectivity index (χ0v) is 9.09. The van der Waals surface area contributed by atoms with E-state index in [4.69, 9.17) is 0 Å². The first-order chi connectivity index (χ1) is 4.88. The van der Waals surface area contributed by atoms with Gasteiger partial charge in [-0.3, -0.25) is 0 Å². The Morgan fingerprint density at radius 2 is 2.00 bits per heavy atom. The van der Waals surface area contributed by atoms with Crippen molar-refractivity contribution in [3.63, 3.8) is 0 Å². The van der Waals surface area contributed by atoms with Crippen LogP contribution in [0.25, 0.3) is 8.79 Å².